The van der Waals surface area contributed by atoms with Gasteiger partial charge in [-0.3, -0.25) is 9.59 Å². The molecule has 0 N–H and O–H groups in total. The maximum Gasteiger partial charge on any atom is 0.284 e. The van der Waals surface area contributed by atoms with Crippen LogP contribution in [0.4, 0.5) is 5.69 Å². The molecule has 0 aliphatic carbocycles. The van der Waals surface area contributed by atoms with Gasteiger partial charge in [-0.05, 0) is 23.8 Å². The zero-order chi connectivity index (χ0) is 18.4. The molecule has 2 heterocycles. The first-order valence-corrected chi connectivity index (χ1v) is 8.67. The molecule has 0 fully saturated rings. The van der Waals surface area contributed by atoms with E-state index < -0.39 is 0 Å². The van der Waals surface area contributed by atoms with Gasteiger partial charge in [-0.25, -0.2) is 9.88 Å². The molecular weight excluding hydrogens is 336 g/mol. The first-order chi connectivity index (χ1) is 13.3. The zero-order valence-electron chi connectivity index (χ0n) is 14.3. The van der Waals surface area contributed by atoms with Crippen LogP contribution in [0, 0.1) is 0 Å². The van der Waals surface area contributed by atoms with Crippen LogP contribution in [-0.4, -0.2) is 16.8 Å². The van der Waals surface area contributed by atoms with Gasteiger partial charge in [-0.2, -0.15) is 0 Å². The van der Waals surface area contributed by atoms with Crippen LogP contribution in [0.5, 0.6) is 0 Å². The van der Waals surface area contributed by atoms with Gasteiger partial charge >= 0.3 is 0 Å². The quantitative estimate of drug-likeness (QED) is 0.492. The van der Waals surface area contributed by atoms with E-state index in [0.717, 1.165) is 16.5 Å². The summed E-state index contributed by atoms with van der Waals surface area (Å²) in [7, 11) is 0. The van der Waals surface area contributed by atoms with Crippen molar-refractivity contribution in [3.05, 3.63) is 96.2 Å². The molecular formula is C23H14N2O2. The highest BCUT2D eigenvalue weighted by molar-refractivity contribution is 6.36. The number of aromatic nitrogens is 1. The van der Waals surface area contributed by atoms with Gasteiger partial charge in [0.1, 0.15) is 5.69 Å². The Balaban J connectivity index is 1.84. The lowest BCUT2D eigenvalue weighted by molar-refractivity contribution is 0.0925. The van der Waals surface area contributed by atoms with Crippen LogP contribution >= 0.6 is 0 Å². The summed E-state index contributed by atoms with van der Waals surface area (Å²) in [5, 5.41) is 0.860. The van der Waals surface area contributed by atoms with Gasteiger partial charge in [-0.15, -0.1) is 0 Å². The summed E-state index contributed by atoms with van der Waals surface area (Å²) in [5.41, 5.74) is 3.48. The van der Waals surface area contributed by atoms with Crippen molar-refractivity contribution < 1.29 is 9.59 Å². The van der Waals surface area contributed by atoms with E-state index in [1.165, 1.54) is 4.90 Å². The molecule has 27 heavy (non-hydrogen) atoms. The maximum absolute atomic E-state index is 13.3. The van der Waals surface area contributed by atoms with Gasteiger partial charge in [0.05, 0.1) is 16.8 Å². The summed E-state index contributed by atoms with van der Waals surface area (Å²) in [6, 6.07) is 26.2. The molecule has 4 nitrogen and oxygen atoms in total. The minimum atomic E-state index is -0.385. The highest BCUT2D eigenvalue weighted by Gasteiger charge is 2.41. The maximum atomic E-state index is 13.3. The lowest BCUT2D eigenvalue weighted by Crippen LogP contribution is -2.29. The fourth-order valence-corrected chi connectivity index (χ4v) is 3.60. The molecule has 2 amide bonds. The van der Waals surface area contributed by atoms with E-state index in [1.807, 2.05) is 60.7 Å². The first-order valence-electron chi connectivity index (χ1n) is 8.67. The molecule has 0 spiro atoms. The van der Waals surface area contributed by atoms with Crippen LogP contribution in [0.1, 0.15) is 20.8 Å². The molecule has 0 atom stereocenters. The smallest absolute Gasteiger partial charge is 0.268 e. The lowest BCUT2D eigenvalue weighted by atomic mass is 9.95. The molecule has 4 aromatic rings. The summed E-state index contributed by atoms with van der Waals surface area (Å²) >= 11 is 0. The Bertz CT molecular complexity index is 1200. The van der Waals surface area contributed by atoms with E-state index >= 15 is 0 Å². The summed E-state index contributed by atoms with van der Waals surface area (Å²) in [4.78, 5) is 32.1. The van der Waals surface area contributed by atoms with Crippen molar-refractivity contribution in [1.29, 1.82) is 0 Å². The monoisotopic (exact) mass is 350 g/mol. The third-order valence-corrected chi connectivity index (χ3v) is 4.79. The minimum Gasteiger partial charge on any atom is -0.268 e. The van der Waals surface area contributed by atoms with E-state index in [0.29, 0.717) is 16.8 Å². The number of hydrogen-bond acceptors (Lipinski definition) is 3. The van der Waals surface area contributed by atoms with Crippen molar-refractivity contribution in [1.82, 2.24) is 4.98 Å². The largest absolute Gasteiger partial charge is 0.284 e. The molecule has 0 saturated heterocycles. The van der Waals surface area contributed by atoms with Gasteiger partial charge < -0.3 is 0 Å². The Morgan fingerprint density at radius 1 is 0.630 bits per heavy atom. The second kappa shape index (κ2) is 5.88. The molecule has 1 aliphatic rings. The number of imide groups is 1. The SMILES string of the molecule is O=C1c2nc3ccccc3c(-c3ccccc3)c2C(=O)N1c1ccccc1. The van der Waals surface area contributed by atoms with Crippen LogP contribution in [0.25, 0.3) is 22.0 Å². The predicted molar refractivity (Wildman–Crippen MR) is 105 cm³/mol. The third-order valence-electron chi connectivity index (χ3n) is 4.79. The van der Waals surface area contributed by atoms with Gasteiger partial charge in [0.15, 0.2) is 0 Å². The fourth-order valence-electron chi connectivity index (χ4n) is 3.60. The summed E-state index contributed by atoms with van der Waals surface area (Å²) in [5.74, 6) is -0.720. The Labute approximate surface area is 155 Å². The molecule has 128 valence electrons. The molecule has 4 heteroatoms. The highest BCUT2D eigenvalue weighted by Crippen LogP contribution is 2.38. The molecule has 0 bridgehead atoms. The number of benzene rings is 3. The van der Waals surface area contributed by atoms with Crippen molar-refractivity contribution in [2.75, 3.05) is 4.90 Å². The van der Waals surface area contributed by atoms with Crippen molar-refractivity contribution in [2.45, 2.75) is 0 Å². The topological polar surface area (TPSA) is 50.3 Å². The third kappa shape index (κ3) is 2.27. The van der Waals surface area contributed by atoms with Gasteiger partial charge in [-0.1, -0.05) is 66.7 Å². The average molecular weight is 350 g/mol. The number of pyridine rings is 1. The van der Waals surface area contributed by atoms with Crippen LogP contribution in [0.3, 0.4) is 0 Å². The average Bonchev–Trinajstić information content (AvgIpc) is 2.97. The van der Waals surface area contributed by atoms with E-state index in [1.54, 1.807) is 24.3 Å². The standard InChI is InChI=1S/C23H14N2O2/c26-22-20-19(15-9-3-1-4-10-15)17-13-7-8-14-18(17)24-21(20)23(27)25(22)16-11-5-2-6-12-16/h1-14H. The highest BCUT2D eigenvalue weighted by atomic mass is 16.2. The van der Waals surface area contributed by atoms with E-state index in [2.05, 4.69) is 4.98 Å². The molecule has 5 rings (SSSR count). The Kier molecular flexibility index (Phi) is 3.37. The number of amides is 2. The summed E-state index contributed by atoms with van der Waals surface area (Å²) in [6.07, 6.45) is 0. The Morgan fingerprint density at radius 2 is 1.26 bits per heavy atom. The van der Waals surface area contributed by atoms with Crippen LogP contribution < -0.4 is 4.90 Å². The number of fused-ring (bicyclic) bond motifs is 2. The lowest BCUT2D eigenvalue weighted by Gasteiger charge is -2.13. The summed E-state index contributed by atoms with van der Waals surface area (Å²) in [6.45, 7) is 0. The number of nitrogens with zero attached hydrogens (tertiary/aromatic N) is 2. The molecule has 0 saturated carbocycles. The zero-order valence-corrected chi connectivity index (χ0v) is 14.3. The van der Waals surface area contributed by atoms with E-state index in [9.17, 15) is 9.59 Å². The molecule has 0 unspecified atom stereocenters. The van der Waals surface area contributed by atoms with E-state index in [4.69, 9.17) is 0 Å². The van der Waals surface area contributed by atoms with E-state index in [-0.39, 0.29) is 17.5 Å². The number of anilines is 1. The number of rotatable bonds is 2. The molecule has 1 aromatic heterocycles. The first kappa shape index (κ1) is 15.5. The van der Waals surface area contributed by atoms with Crippen molar-refractivity contribution in [3.63, 3.8) is 0 Å². The number of hydrogen-bond donors (Lipinski definition) is 0. The number of para-hydroxylation sites is 2. The fraction of sp³-hybridized carbons (Fsp3) is 0. The Morgan fingerprint density at radius 3 is 2.00 bits per heavy atom. The second-order valence-electron chi connectivity index (χ2n) is 6.37. The van der Waals surface area contributed by atoms with Crippen molar-refractivity contribution in [3.8, 4) is 11.1 Å². The molecule has 1 aliphatic heterocycles. The molecule has 3 aromatic carbocycles. The number of carbonyl (C=O) groups excluding carboxylic acids is 2. The van der Waals surface area contributed by atoms with Crippen LogP contribution in [0.2, 0.25) is 0 Å². The Hall–Kier alpha value is -3.79. The number of carbonyl (C=O) groups is 2. The van der Waals surface area contributed by atoms with Crippen molar-refractivity contribution in [2.24, 2.45) is 0 Å². The molecule has 0 radical (unpaired) electrons. The second-order valence-corrected chi connectivity index (χ2v) is 6.37. The predicted octanol–water partition coefficient (Wildman–Crippen LogP) is 4.70. The minimum absolute atomic E-state index is 0.210. The van der Waals surface area contributed by atoms with Crippen LogP contribution in [-0.2, 0) is 0 Å². The normalized spacial score (nSPS) is 13.3. The van der Waals surface area contributed by atoms with Gasteiger partial charge in [0.25, 0.3) is 11.8 Å². The van der Waals surface area contributed by atoms with Crippen LogP contribution in [0.15, 0.2) is 84.9 Å². The van der Waals surface area contributed by atoms with Crippen molar-refractivity contribution >= 4 is 28.4 Å². The van der Waals surface area contributed by atoms with Gasteiger partial charge in [0.2, 0.25) is 0 Å². The van der Waals surface area contributed by atoms with Gasteiger partial charge in [0, 0.05) is 10.9 Å². The summed E-state index contributed by atoms with van der Waals surface area (Å²) < 4.78 is 0.